The lowest BCUT2D eigenvalue weighted by Crippen LogP contribution is -2.53. The van der Waals surface area contributed by atoms with E-state index in [1.54, 1.807) is 18.3 Å². The molecule has 0 aliphatic heterocycles. The summed E-state index contributed by atoms with van der Waals surface area (Å²) in [6.07, 6.45) is 0.760. The van der Waals surface area contributed by atoms with Gasteiger partial charge in [-0.1, -0.05) is 60.7 Å². The minimum absolute atomic E-state index is 0.128. The fourth-order valence-corrected chi connectivity index (χ4v) is 5.03. The van der Waals surface area contributed by atoms with E-state index in [-0.39, 0.29) is 12.8 Å². The van der Waals surface area contributed by atoms with Crippen LogP contribution in [0.5, 0.6) is 0 Å². The fraction of sp³-hybridized carbons (Fsp3) is 0.294. The molecule has 1 heterocycles. The maximum atomic E-state index is 13.2. The second-order valence-corrected chi connectivity index (χ2v) is 10.8. The maximum absolute atomic E-state index is 13.2. The van der Waals surface area contributed by atoms with Crippen LogP contribution in [0.2, 0.25) is 0 Å². The van der Waals surface area contributed by atoms with Crippen molar-refractivity contribution in [3.8, 4) is 11.1 Å². The molecule has 0 bridgehead atoms. The van der Waals surface area contributed by atoms with Crippen molar-refractivity contribution >= 4 is 34.4 Å². The number of aliphatic hydroxyl groups is 1. The number of amides is 2. The van der Waals surface area contributed by atoms with Gasteiger partial charge < -0.3 is 26.2 Å². The summed E-state index contributed by atoms with van der Waals surface area (Å²) in [6.45, 7) is 5.94. The smallest absolute Gasteiger partial charge is 0.305 e. The Kier molecular flexibility index (Phi) is 10.5. The van der Waals surface area contributed by atoms with Crippen LogP contribution in [0, 0.1) is 13.8 Å². The molecule has 43 heavy (non-hydrogen) atoms. The van der Waals surface area contributed by atoms with Gasteiger partial charge in [-0.05, 0) is 77.9 Å². The van der Waals surface area contributed by atoms with Crippen LogP contribution < -0.4 is 16.0 Å². The Balaban J connectivity index is 1.41. The Morgan fingerprint density at radius 2 is 1.63 bits per heavy atom. The first kappa shape index (κ1) is 31.2. The van der Waals surface area contributed by atoms with E-state index in [9.17, 15) is 24.6 Å². The highest BCUT2D eigenvalue weighted by Crippen LogP contribution is 2.31. The van der Waals surface area contributed by atoms with Crippen LogP contribution in [0.1, 0.15) is 48.9 Å². The molecule has 5 N–H and O–H groups in total. The van der Waals surface area contributed by atoms with Crippen LogP contribution in [-0.4, -0.2) is 51.7 Å². The van der Waals surface area contributed by atoms with Gasteiger partial charge in [0.05, 0.1) is 18.6 Å². The Labute approximate surface area is 251 Å². The summed E-state index contributed by atoms with van der Waals surface area (Å²) in [5.74, 6) is -1.44. The summed E-state index contributed by atoms with van der Waals surface area (Å²) in [5, 5.41) is 30.6. The van der Waals surface area contributed by atoms with Crippen LogP contribution >= 0.6 is 0 Å². The second-order valence-electron chi connectivity index (χ2n) is 10.8. The molecule has 9 nitrogen and oxygen atoms in total. The Bertz CT molecular complexity index is 1590. The number of carbonyl (C=O) groups is 3. The maximum Gasteiger partial charge on any atom is 0.305 e. The fourth-order valence-electron chi connectivity index (χ4n) is 5.03. The van der Waals surface area contributed by atoms with Gasteiger partial charge >= 0.3 is 5.97 Å². The zero-order valence-corrected chi connectivity index (χ0v) is 24.6. The Hall–Kier alpha value is -4.76. The van der Waals surface area contributed by atoms with Crippen molar-refractivity contribution in [2.75, 3.05) is 11.9 Å². The molecule has 2 amide bonds. The van der Waals surface area contributed by atoms with Crippen molar-refractivity contribution in [3.63, 3.8) is 0 Å². The summed E-state index contributed by atoms with van der Waals surface area (Å²) in [6, 6.07) is 21.4. The van der Waals surface area contributed by atoms with E-state index in [1.807, 2.05) is 43.3 Å². The molecule has 9 heteroatoms. The summed E-state index contributed by atoms with van der Waals surface area (Å²) in [4.78, 5) is 41.7. The first-order chi connectivity index (χ1) is 20.6. The molecule has 3 aromatic carbocycles. The van der Waals surface area contributed by atoms with E-state index in [4.69, 9.17) is 0 Å². The van der Waals surface area contributed by atoms with Gasteiger partial charge in [-0.2, -0.15) is 0 Å². The lowest BCUT2D eigenvalue weighted by Gasteiger charge is -2.25. The van der Waals surface area contributed by atoms with Crippen molar-refractivity contribution < 1.29 is 24.6 Å². The number of rotatable bonds is 13. The summed E-state index contributed by atoms with van der Waals surface area (Å²) < 4.78 is 0. The number of aryl methyl sites for hydroxylation is 2. The number of carboxylic acids is 1. The minimum Gasteiger partial charge on any atom is -0.481 e. The molecular weight excluding hydrogens is 544 g/mol. The molecule has 4 rings (SSSR count). The number of carbonyl (C=O) groups excluding carboxylic acids is 2. The Morgan fingerprint density at radius 1 is 0.907 bits per heavy atom. The molecule has 0 unspecified atom stereocenters. The normalized spacial score (nSPS) is 13.1. The highest BCUT2D eigenvalue weighted by molar-refractivity contribution is 5.98. The number of aromatic nitrogens is 1. The van der Waals surface area contributed by atoms with E-state index in [0.717, 1.165) is 27.5 Å². The molecule has 0 saturated carbocycles. The predicted octanol–water partition coefficient (Wildman–Crippen LogP) is 4.91. The third-order valence-corrected chi connectivity index (χ3v) is 7.34. The second kappa shape index (κ2) is 14.4. The third kappa shape index (κ3) is 8.39. The molecular formula is C34H38N4O5. The number of benzene rings is 3. The van der Waals surface area contributed by atoms with Crippen molar-refractivity contribution in [1.29, 1.82) is 0 Å². The minimum atomic E-state index is -1.24. The van der Waals surface area contributed by atoms with Crippen molar-refractivity contribution in [2.45, 2.75) is 58.2 Å². The molecule has 0 aliphatic carbocycles. The van der Waals surface area contributed by atoms with Gasteiger partial charge in [-0.3, -0.25) is 14.4 Å². The molecule has 1 aromatic heterocycles. The van der Waals surface area contributed by atoms with Crippen molar-refractivity contribution in [3.05, 3.63) is 95.7 Å². The van der Waals surface area contributed by atoms with E-state index < -0.39 is 36.0 Å². The van der Waals surface area contributed by atoms with Crippen LogP contribution in [-0.2, 0) is 14.4 Å². The summed E-state index contributed by atoms with van der Waals surface area (Å²) >= 11 is 0. The molecule has 0 fully saturated rings. The number of fused-ring (bicyclic) bond motifs is 1. The van der Waals surface area contributed by atoms with Crippen LogP contribution in [0.3, 0.4) is 0 Å². The number of anilines is 1. The third-order valence-electron chi connectivity index (χ3n) is 7.34. The molecule has 4 aromatic rings. The van der Waals surface area contributed by atoms with Crippen LogP contribution in [0.25, 0.3) is 21.9 Å². The number of aliphatic hydroxyl groups excluding tert-OH is 1. The summed E-state index contributed by atoms with van der Waals surface area (Å²) in [5.41, 5.74) is 4.85. The lowest BCUT2D eigenvalue weighted by atomic mass is 9.94. The molecule has 0 saturated heterocycles. The number of carboxylic acid groups (broad SMARTS) is 1. The van der Waals surface area contributed by atoms with E-state index in [2.05, 4.69) is 52.1 Å². The molecule has 0 spiro atoms. The predicted molar refractivity (Wildman–Crippen MR) is 168 cm³/mol. The van der Waals surface area contributed by atoms with Gasteiger partial charge in [-0.15, -0.1) is 0 Å². The van der Waals surface area contributed by atoms with Crippen LogP contribution in [0.4, 0.5) is 5.82 Å². The topological polar surface area (TPSA) is 141 Å². The SMILES string of the molecule is Cc1ccnc(NCCCC(=O)N[C@H](C(=O)N[C@@H](CC(=O)O)c2ccc(-c3ccc(C)c4ccccc34)cc2)[C@@H](C)O)c1. The number of nitrogens with one attached hydrogen (secondary N) is 3. The van der Waals surface area contributed by atoms with Gasteiger partial charge in [0.2, 0.25) is 11.8 Å². The number of aliphatic carboxylic acids is 1. The van der Waals surface area contributed by atoms with Gasteiger partial charge in [0.25, 0.3) is 0 Å². The number of hydrogen-bond acceptors (Lipinski definition) is 6. The van der Waals surface area contributed by atoms with Gasteiger partial charge in [0.1, 0.15) is 11.9 Å². The van der Waals surface area contributed by atoms with Gasteiger partial charge in [0.15, 0.2) is 0 Å². The van der Waals surface area contributed by atoms with E-state index >= 15 is 0 Å². The highest BCUT2D eigenvalue weighted by atomic mass is 16.4. The highest BCUT2D eigenvalue weighted by Gasteiger charge is 2.28. The number of pyridine rings is 1. The Morgan fingerprint density at radius 3 is 2.30 bits per heavy atom. The van der Waals surface area contributed by atoms with Gasteiger partial charge in [-0.25, -0.2) is 4.98 Å². The van der Waals surface area contributed by atoms with Crippen molar-refractivity contribution in [2.24, 2.45) is 0 Å². The van der Waals surface area contributed by atoms with Crippen LogP contribution in [0.15, 0.2) is 79.0 Å². The van der Waals surface area contributed by atoms with Gasteiger partial charge in [0, 0.05) is 19.2 Å². The number of nitrogens with zero attached hydrogens (tertiary/aromatic N) is 1. The monoisotopic (exact) mass is 582 g/mol. The first-order valence-electron chi connectivity index (χ1n) is 14.4. The van der Waals surface area contributed by atoms with E-state index in [1.165, 1.54) is 12.5 Å². The largest absolute Gasteiger partial charge is 0.481 e. The average molecular weight is 583 g/mol. The average Bonchev–Trinajstić information content (AvgIpc) is 2.98. The number of hydrogen-bond donors (Lipinski definition) is 5. The molecule has 224 valence electrons. The molecule has 0 radical (unpaired) electrons. The summed E-state index contributed by atoms with van der Waals surface area (Å²) in [7, 11) is 0. The first-order valence-corrected chi connectivity index (χ1v) is 14.4. The lowest BCUT2D eigenvalue weighted by molar-refractivity contribution is -0.138. The van der Waals surface area contributed by atoms with E-state index in [0.29, 0.717) is 24.3 Å². The zero-order valence-electron chi connectivity index (χ0n) is 24.6. The molecule has 3 atom stereocenters. The van der Waals surface area contributed by atoms with Crippen molar-refractivity contribution in [1.82, 2.24) is 15.6 Å². The standard InChI is InChI=1S/C34H38N4O5/c1-21-16-18-36-30(19-21)35-17-6-9-31(40)38-33(23(3)39)34(43)37-29(20-32(41)42)25-13-11-24(12-14-25)27-15-10-22(2)26-7-4-5-8-28(26)27/h4-5,7-8,10-16,18-19,23,29,33,39H,6,9,17,20H2,1-3H3,(H,35,36)(H,37,43)(H,38,40)(H,41,42)/t23-,29+,33+/m1/s1. The molecule has 0 aliphatic rings. The zero-order chi connectivity index (χ0) is 30.9. The quantitative estimate of drug-likeness (QED) is 0.141.